The second-order valence-corrected chi connectivity index (χ2v) is 5.79. The molecule has 21 heavy (non-hydrogen) atoms. The third kappa shape index (κ3) is 4.34. The third-order valence-corrected chi connectivity index (χ3v) is 3.81. The molecule has 0 saturated heterocycles. The van der Waals surface area contributed by atoms with Gasteiger partial charge in [0.15, 0.2) is 0 Å². The molecule has 0 aromatic heterocycles. The van der Waals surface area contributed by atoms with Gasteiger partial charge in [0.2, 0.25) is 5.96 Å². The van der Waals surface area contributed by atoms with Crippen LogP contribution in [0, 0.1) is 0 Å². The number of rotatable bonds is 2. The van der Waals surface area contributed by atoms with Crippen LogP contribution in [0.3, 0.4) is 0 Å². The molecule has 1 saturated carbocycles. The molecule has 8 heteroatoms. The first kappa shape index (κ1) is 16.1. The minimum atomic E-state index is -4.46. The molecule has 0 unspecified atom stereocenters. The zero-order valence-electron chi connectivity index (χ0n) is 11.2. The van der Waals surface area contributed by atoms with Gasteiger partial charge < -0.3 is 5.32 Å². The molecular weight excluding hydrogens is 349 g/mol. The Morgan fingerprint density at radius 2 is 1.95 bits per heavy atom. The maximum absolute atomic E-state index is 13.0. The standard InChI is InChI=1S/C13H16BrF3N4/c14-8-5-6-11(10(7-8)13(15,16)17)20-12(21-18)19-9-3-1-2-4-9/h5-7,9H,1-4,18H2,(H2,19,20,21). The molecule has 0 atom stereocenters. The van der Waals surface area contributed by atoms with Crippen molar-refractivity contribution in [2.75, 3.05) is 5.32 Å². The fourth-order valence-corrected chi connectivity index (χ4v) is 2.67. The number of anilines is 1. The van der Waals surface area contributed by atoms with Crippen LogP contribution in [0.5, 0.6) is 0 Å². The van der Waals surface area contributed by atoms with Crippen molar-refractivity contribution in [3.63, 3.8) is 0 Å². The van der Waals surface area contributed by atoms with Gasteiger partial charge in [0.1, 0.15) is 0 Å². The number of aliphatic imine (C=N–C) groups is 1. The smallest absolute Gasteiger partial charge is 0.325 e. The highest BCUT2D eigenvalue weighted by Gasteiger charge is 2.34. The molecular formula is C13H16BrF3N4. The lowest BCUT2D eigenvalue weighted by atomic mass is 10.1. The van der Waals surface area contributed by atoms with Crippen LogP contribution in [0.4, 0.5) is 18.9 Å². The molecule has 0 spiro atoms. The summed E-state index contributed by atoms with van der Waals surface area (Å²) in [5.41, 5.74) is 1.48. The van der Waals surface area contributed by atoms with Gasteiger partial charge in [-0.3, -0.25) is 5.43 Å². The van der Waals surface area contributed by atoms with E-state index in [-0.39, 0.29) is 17.7 Å². The lowest BCUT2D eigenvalue weighted by Gasteiger charge is -2.17. The number of hydrazine groups is 1. The summed E-state index contributed by atoms with van der Waals surface area (Å²) in [5, 5.41) is 2.63. The fourth-order valence-electron chi connectivity index (χ4n) is 2.31. The van der Waals surface area contributed by atoms with E-state index in [4.69, 9.17) is 5.84 Å². The molecule has 116 valence electrons. The lowest BCUT2D eigenvalue weighted by molar-refractivity contribution is -0.136. The van der Waals surface area contributed by atoms with Gasteiger partial charge in [-0.2, -0.15) is 13.2 Å². The molecule has 1 aromatic carbocycles. The van der Waals surface area contributed by atoms with Crippen LogP contribution in [0.25, 0.3) is 0 Å². The van der Waals surface area contributed by atoms with E-state index in [1.807, 2.05) is 0 Å². The van der Waals surface area contributed by atoms with E-state index in [1.165, 1.54) is 12.1 Å². The van der Waals surface area contributed by atoms with Crippen molar-refractivity contribution in [2.24, 2.45) is 10.8 Å². The van der Waals surface area contributed by atoms with Gasteiger partial charge in [0.05, 0.1) is 17.3 Å². The van der Waals surface area contributed by atoms with E-state index in [0.29, 0.717) is 4.47 Å². The van der Waals surface area contributed by atoms with Crippen LogP contribution in [0.1, 0.15) is 31.2 Å². The van der Waals surface area contributed by atoms with Crippen LogP contribution in [0.2, 0.25) is 0 Å². The zero-order valence-corrected chi connectivity index (χ0v) is 12.8. The second-order valence-electron chi connectivity index (χ2n) is 4.87. The molecule has 1 aromatic rings. The van der Waals surface area contributed by atoms with E-state index in [1.54, 1.807) is 0 Å². The quantitative estimate of drug-likeness (QED) is 0.325. The Labute approximate surface area is 129 Å². The summed E-state index contributed by atoms with van der Waals surface area (Å²) in [5.74, 6) is 5.50. The van der Waals surface area contributed by atoms with Crippen molar-refractivity contribution < 1.29 is 13.2 Å². The van der Waals surface area contributed by atoms with E-state index in [0.717, 1.165) is 31.7 Å². The molecule has 1 aliphatic rings. The number of nitrogens with zero attached hydrogens (tertiary/aromatic N) is 1. The fraction of sp³-hybridized carbons (Fsp3) is 0.462. The molecule has 0 radical (unpaired) electrons. The predicted molar refractivity (Wildman–Crippen MR) is 79.8 cm³/mol. The van der Waals surface area contributed by atoms with Crippen molar-refractivity contribution in [1.29, 1.82) is 0 Å². The SMILES string of the molecule is NNC(=NC1CCCC1)Nc1ccc(Br)cc1C(F)(F)F. The molecule has 0 amide bonds. The number of benzene rings is 1. The Morgan fingerprint density at radius 3 is 2.52 bits per heavy atom. The number of hydrogen-bond acceptors (Lipinski definition) is 2. The Bertz CT molecular complexity index is 525. The number of guanidine groups is 1. The largest absolute Gasteiger partial charge is 0.418 e. The van der Waals surface area contributed by atoms with E-state index in [2.05, 4.69) is 31.7 Å². The van der Waals surface area contributed by atoms with Gasteiger partial charge in [-0.05, 0) is 31.0 Å². The number of nitrogens with two attached hydrogens (primary N) is 1. The van der Waals surface area contributed by atoms with Crippen LogP contribution < -0.4 is 16.6 Å². The average Bonchev–Trinajstić information content (AvgIpc) is 2.91. The topological polar surface area (TPSA) is 62.4 Å². The molecule has 1 aliphatic carbocycles. The summed E-state index contributed by atoms with van der Waals surface area (Å²) in [6, 6.07) is 4.00. The zero-order chi connectivity index (χ0) is 15.5. The normalized spacial score (nSPS) is 17.1. The molecule has 0 heterocycles. The maximum Gasteiger partial charge on any atom is 0.418 e. The minimum Gasteiger partial charge on any atom is -0.325 e. The van der Waals surface area contributed by atoms with Crippen LogP contribution in [0.15, 0.2) is 27.7 Å². The summed E-state index contributed by atoms with van der Waals surface area (Å²) >= 11 is 3.04. The van der Waals surface area contributed by atoms with Crippen LogP contribution >= 0.6 is 15.9 Å². The summed E-state index contributed by atoms with van der Waals surface area (Å²) < 4.78 is 39.5. The first-order valence-corrected chi connectivity index (χ1v) is 7.37. The molecule has 1 fully saturated rings. The summed E-state index contributed by atoms with van der Waals surface area (Å²) in [7, 11) is 0. The van der Waals surface area contributed by atoms with Gasteiger partial charge in [-0.25, -0.2) is 10.8 Å². The Balaban J connectivity index is 2.24. The monoisotopic (exact) mass is 364 g/mol. The summed E-state index contributed by atoms with van der Waals surface area (Å²) in [6.07, 6.45) is -0.436. The maximum atomic E-state index is 13.0. The van der Waals surface area contributed by atoms with Crippen molar-refractivity contribution in [1.82, 2.24) is 5.43 Å². The number of alkyl halides is 3. The highest BCUT2D eigenvalue weighted by Crippen LogP contribution is 2.36. The molecule has 4 nitrogen and oxygen atoms in total. The van der Waals surface area contributed by atoms with E-state index in [9.17, 15) is 13.2 Å². The van der Waals surface area contributed by atoms with Crippen molar-refractivity contribution >= 4 is 27.6 Å². The minimum absolute atomic E-state index is 0.0830. The Hall–Kier alpha value is -1.28. The van der Waals surface area contributed by atoms with Crippen LogP contribution in [-0.4, -0.2) is 12.0 Å². The molecule has 0 aliphatic heterocycles. The number of halogens is 4. The van der Waals surface area contributed by atoms with E-state index < -0.39 is 11.7 Å². The van der Waals surface area contributed by atoms with Crippen molar-refractivity contribution in [2.45, 2.75) is 37.9 Å². The van der Waals surface area contributed by atoms with Gasteiger partial charge in [-0.1, -0.05) is 28.8 Å². The van der Waals surface area contributed by atoms with Gasteiger partial charge >= 0.3 is 6.18 Å². The summed E-state index contributed by atoms with van der Waals surface area (Å²) in [4.78, 5) is 4.33. The predicted octanol–water partition coefficient (Wildman–Crippen LogP) is 3.64. The van der Waals surface area contributed by atoms with Crippen molar-refractivity contribution in [3.05, 3.63) is 28.2 Å². The highest BCUT2D eigenvalue weighted by molar-refractivity contribution is 9.10. The Morgan fingerprint density at radius 1 is 1.29 bits per heavy atom. The highest BCUT2D eigenvalue weighted by atomic mass is 79.9. The number of hydrogen-bond donors (Lipinski definition) is 3. The van der Waals surface area contributed by atoms with Gasteiger partial charge in [0.25, 0.3) is 0 Å². The Kier molecular flexibility index (Phi) is 5.10. The second kappa shape index (κ2) is 6.65. The average molecular weight is 365 g/mol. The summed E-state index contributed by atoms with van der Waals surface area (Å²) in [6.45, 7) is 0. The lowest BCUT2D eigenvalue weighted by Crippen LogP contribution is -2.37. The van der Waals surface area contributed by atoms with Gasteiger partial charge in [0, 0.05) is 4.47 Å². The first-order chi connectivity index (χ1) is 9.90. The van der Waals surface area contributed by atoms with Crippen molar-refractivity contribution in [3.8, 4) is 0 Å². The molecule has 2 rings (SSSR count). The molecule has 0 bridgehead atoms. The van der Waals surface area contributed by atoms with Gasteiger partial charge in [-0.15, -0.1) is 0 Å². The van der Waals surface area contributed by atoms with Crippen LogP contribution in [-0.2, 0) is 6.18 Å². The molecule has 4 N–H and O–H groups in total. The number of nitrogens with one attached hydrogen (secondary N) is 2. The van der Waals surface area contributed by atoms with E-state index >= 15 is 0 Å². The first-order valence-electron chi connectivity index (χ1n) is 6.58. The third-order valence-electron chi connectivity index (χ3n) is 3.31.